The summed E-state index contributed by atoms with van der Waals surface area (Å²) in [5, 5.41) is 5.29. The standard InChI is InChI=1S/C43H53N5O6S/c1-26(2)55(51,52)45-42(49)30-15-17-36-38(21-30)47-25-32(19-31-20-34(53-5)16-18-35(31)41(47)39(36)29-11-7-6-8-12-29)40-37(22-44-48(40)33-13-9-10-14-33)43(50)46-23-27(3)54-28(4)24-46/h15-22,26-29,33H,6-14,23-25H2,1-5H3,(H,45,49)/t27-,28+. The fourth-order valence-electron chi connectivity index (χ4n) is 9.41. The Morgan fingerprint density at radius 2 is 1.64 bits per heavy atom. The van der Waals surface area contributed by atoms with E-state index in [1.54, 1.807) is 33.2 Å². The van der Waals surface area contributed by atoms with Gasteiger partial charge in [-0.3, -0.25) is 14.3 Å². The van der Waals surface area contributed by atoms with Crippen LogP contribution in [0, 0.1) is 0 Å². The van der Waals surface area contributed by atoms with Gasteiger partial charge >= 0.3 is 0 Å². The molecule has 2 aromatic carbocycles. The molecule has 1 N–H and O–H groups in total. The summed E-state index contributed by atoms with van der Waals surface area (Å²) in [6, 6.07) is 12.0. The van der Waals surface area contributed by atoms with Gasteiger partial charge < -0.3 is 18.9 Å². The van der Waals surface area contributed by atoms with Crippen molar-refractivity contribution in [3.05, 3.63) is 70.5 Å². The quantitative estimate of drug-likeness (QED) is 0.193. The lowest BCUT2D eigenvalue weighted by atomic mass is 9.81. The van der Waals surface area contributed by atoms with E-state index >= 15 is 0 Å². The molecule has 12 heteroatoms. The van der Waals surface area contributed by atoms with Crippen LogP contribution in [0.25, 0.3) is 33.8 Å². The largest absolute Gasteiger partial charge is 0.497 e. The highest BCUT2D eigenvalue weighted by molar-refractivity contribution is 7.90. The van der Waals surface area contributed by atoms with Gasteiger partial charge in [-0.2, -0.15) is 5.10 Å². The highest BCUT2D eigenvalue weighted by Gasteiger charge is 2.35. The first-order chi connectivity index (χ1) is 26.4. The number of methoxy groups -OCH3 is 1. The topological polar surface area (TPSA) is 125 Å². The number of amides is 2. The average Bonchev–Trinajstić information content (AvgIpc) is 3.90. The smallest absolute Gasteiger partial charge is 0.264 e. The van der Waals surface area contributed by atoms with E-state index in [1.807, 2.05) is 36.9 Å². The summed E-state index contributed by atoms with van der Waals surface area (Å²) in [7, 11) is -2.17. The van der Waals surface area contributed by atoms with Crippen LogP contribution in [0.2, 0.25) is 0 Å². The van der Waals surface area contributed by atoms with Crippen molar-refractivity contribution in [1.82, 2.24) is 24.0 Å². The first-order valence-electron chi connectivity index (χ1n) is 20.1. The first kappa shape index (κ1) is 37.5. The molecule has 3 fully saturated rings. The maximum atomic E-state index is 14.6. The molecule has 2 saturated carbocycles. The Kier molecular flexibility index (Phi) is 10.2. The summed E-state index contributed by atoms with van der Waals surface area (Å²) >= 11 is 0. The normalized spacial score (nSPS) is 21.0. The third-order valence-corrected chi connectivity index (χ3v) is 13.8. The Morgan fingerprint density at radius 1 is 0.927 bits per heavy atom. The zero-order chi connectivity index (χ0) is 38.6. The van der Waals surface area contributed by atoms with Crippen LogP contribution in [0.3, 0.4) is 0 Å². The molecule has 2 amide bonds. The number of sulfonamides is 1. The summed E-state index contributed by atoms with van der Waals surface area (Å²) in [4.78, 5) is 30.1. The first-order valence-corrected chi connectivity index (χ1v) is 21.6. The van der Waals surface area contributed by atoms with Crippen LogP contribution in [0.1, 0.15) is 135 Å². The summed E-state index contributed by atoms with van der Waals surface area (Å²) in [6.45, 7) is 8.55. The number of benzene rings is 2. The van der Waals surface area contributed by atoms with Gasteiger partial charge in [0.2, 0.25) is 10.0 Å². The number of morpholine rings is 1. The van der Waals surface area contributed by atoms with Crippen LogP contribution in [0.4, 0.5) is 0 Å². The Hall–Kier alpha value is -4.42. The Bertz CT molecular complexity index is 2260. The molecule has 292 valence electrons. The van der Waals surface area contributed by atoms with Crippen molar-refractivity contribution >= 4 is 44.4 Å². The second-order valence-electron chi connectivity index (χ2n) is 16.3. The summed E-state index contributed by atoms with van der Waals surface area (Å²) in [5.74, 6) is 0.348. The van der Waals surface area contributed by atoms with Gasteiger partial charge in [-0.05, 0) is 112 Å². The fraction of sp³-hybridized carbons (Fsp3) is 0.512. The maximum absolute atomic E-state index is 14.6. The Balaban J connectivity index is 1.35. The molecule has 0 radical (unpaired) electrons. The molecule has 4 heterocycles. The van der Waals surface area contributed by atoms with Gasteiger partial charge in [0.15, 0.2) is 0 Å². The van der Waals surface area contributed by atoms with E-state index in [4.69, 9.17) is 14.6 Å². The van der Waals surface area contributed by atoms with Gasteiger partial charge in [0.25, 0.3) is 11.8 Å². The van der Waals surface area contributed by atoms with Gasteiger partial charge in [-0.1, -0.05) is 38.2 Å². The second-order valence-corrected chi connectivity index (χ2v) is 18.6. The number of fused-ring (bicyclic) bond motifs is 5. The highest BCUT2D eigenvalue weighted by atomic mass is 32.2. The summed E-state index contributed by atoms with van der Waals surface area (Å²) < 4.78 is 44.1. The van der Waals surface area contributed by atoms with Crippen LogP contribution >= 0.6 is 0 Å². The third-order valence-electron chi connectivity index (χ3n) is 12.1. The van der Waals surface area contributed by atoms with Crippen molar-refractivity contribution in [3.63, 3.8) is 0 Å². The number of ether oxygens (including phenoxy) is 2. The van der Waals surface area contributed by atoms with E-state index in [0.29, 0.717) is 31.1 Å². The second kappa shape index (κ2) is 14.9. The highest BCUT2D eigenvalue weighted by Crippen LogP contribution is 2.48. The molecule has 0 bridgehead atoms. The number of aromatic nitrogens is 3. The number of allylic oxidation sites excluding steroid dienone is 1. The molecule has 8 rings (SSSR count). The molecule has 0 spiro atoms. The minimum absolute atomic E-state index is 0.0527. The molecule has 0 unspecified atom stereocenters. The minimum atomic E-state index is -3.84. The van der Waals surface area contributed by atoms with Crippen molar-refractivity contribution in [3.8, 4) is 17.0 Å². The zero-order valence-electron chi connectivity index (χ0n) is 32.6. The number of nitrogens with zero attached hydrogens (tertiary/aromatic N) is 4. The lowest BCUT2D eigenvalue weighted by Crippen LogP contribution is -2.48. The maximum Gasteiger partial charge on any atom is 0.264 e. The van der Waals surface area contributed by atoms with Gasteiger partial charge in [0, 0.05) is 35.1 Å². The third kappa shape index (κ3) is 7.01. The van der Waals surface area contributed by atoms with Crippen LogP contribution in [-0.2, 0) is 21.3 Å². The molecule has 2 aliphatic carbocycles. The lowest BCUT2D eigenvalue weighted by Gasteiger charge is -2.35. The molecular formula is C43H53N5O6S. The number of nitrogens with one attached hydrogen (secondary N) is 1. The van der Waals surface area contributed by atoms with Crippen LogP contribution in [0.5, 0.6) is 5.75 Å². The molecule has 2 aromatic heterocycles. The van der Waals surface area contributed by atoms with Gasteiger partial charge in [-0.25, -0.2) is 13.1 Å². The van der Waals surface area contributed by atoms with Crippen molar-refractivity contribution in [2.24, 2.45) is 0 Å². The van der Waals surface area contributed by atoms with E-state index in [0.717, 1.165) is 96.1 Å². The van der Waals surface area contributed by atoms with E-state index in [-0.39, 0.29) is 29.7 Å². The molecule has 1 saturated heterocycles. The summed E-state index contributed by atoms with van der Waals surface area (Å²) in [5.41, 5.74) is 7.87. The Labute approximate surface area is 324 Å². The average molecular weight is 768 g/mol. The lowest BCUT2D eigenvalue weighted by molar-refractivity contribution is -0.0586. The predicted octanol–water partition coefficient (Wildman–Crippen LogP) is 7.95. The van der Waals surface area contributed by atoms with Gasteiger partial charge in [0.1, 0.15) is 5.75 Å². The molecule has 4 aliphatic rings. The number of hydrogen-bond donors (Lipinski definition) is 1. The molecule has 4 aromatic rings. The van der Waals surface area contributed by atoms with E-state index in [2.05, 4.69) is 32.2 Å². The van der Waals surface area contributed by atoms with E-state index in [1.165, 1.54) is 12.0 Å². The van der Waals surface area contributed by atoms with Crippen LogP contribution in [0.15, 0.2) is 42.6 Å². The number of hydrogen-bond acceptors (Lipinski definition) is 7. The Morgan fingerprint density at radius 3 is 2.33 bits per heavy atom. The fourth-order valence-corrected chi connectivity index (χ4v) is 10.0. The van der Waals surface area contributed by atoms with Crippen LogP contribution < -0.4 is 9.46 Å². The molecule has 2 atom stereocenters. The van der Waals surface area contributed by atoms with E-state index < -0.39 is 21.2 Å². The number of carbonyl (C=O) groups excluding carboxylic acids is 2. The van der Waals surface area contributed by atoms with E-state index in [9.17, 15) is 18.0 Å². The molecule has 55 heavy (non-hydrogen) atoms. The van der Waals surface area contributed by atoms with Gasteiger partial charge in [-0.15, -0.1) is 0 Å². The molecule has 2 aliphatic heterocycles. The predicted molar refractivity (Wildman–Crippen MR) is 215 cm³/mol. The van der Waals surface area contributed by atoms with Gasteiger partial charge in [0.05, 0.1) is 60.3 Å². The monoisotopic (exact) mass is 767 g/mol. The number of rotatable bonds is 8. The van der Waals surface area contributed by atoms with Crippen molar-refractivity contribution < 1.29 is 27.5 Å². The number of carbonyl (C=O) groups is 2. The van der Waals surface area contributed by atoms with Crippen molar-refractivity contribution in [2.45, 2.75) is 121 Å². The minimum Gasteiger partial charge on any atom is -0.497 e. The SMILES string of the molecule is COc1ccc2c(c1)C=C(c1c(C(=O)N3C[C@@H](C)O[C@@H](C)C3)cnn1C1CCCC1)Cn1c-2c(C2CCCCC2)c2ccc(C(=O)NS(=O)(=O)C(C)C)cc21. The summed E-state index contributed by atoms with van der Waals surface area (Å²) in [6.07, 6.45) is 13.7. The van der Waals surface area contributed by atoms with Crippen LogP contribution in [-0.4, -0.2) is 77.1 Å². The molecule has 11 nitrogen and oxygen atoms in total. The van der Waals surface area contributed by atoms with Crippen molar-refractivity contribution in [1.29, 1.82) is 0 Å². The zero-order valence-corrected chi connectivity index (χ0v) is 33.5. The van der Waals surface area contributed by atoms with Crippen molar-refractivity contribution in [2.75, 3.05) is 20.2 Å². The molecular weight excluding hydrogens is 715 g/mol.